The second kappa shape index (κ2) is 5.51. The first-order valence-corrected chi connectivity index (χ1v) is 7.12. The highest BCUT2D eigenvalue weighted by Gasteiger charge is 2.43. The molecule has 3 heteroatoms. The third-order valence-corrected chi connectivity index (χ3v) is 3.96. The molecule has 0 radical (unpaired) electrons. The first-order valence-electron chi connectivity index (χ1n) is 7.12. The molecule has 0 heterocycles. The monoisotopic (exact) mass is 263 g/mol. The van der Waals surface area contributed by atoms with E-state index in [1.54, 1.807) is 0 Å². The van der Waals surface area contributed by atoms with Gasteiger partial charge in [0, 0.05) is 6.54 Å². The van der Waals surface area contributed by atoms with Crippen LogP contribution in [0.25, 0.3) is 0 Å². The van der Waals surface area contributed by atoms with Crippen molar-refractivity contribution in [2.24, 2.45) is 11.7 Å². The van der Waals surface area contributed by atoms with Crippen LogP contribution in [0.2, 0.25) is 0 Å². The molecule has 1 aromatic rings. The van der Waals surface area contributed by atoms with Crippen molar-refractivity contribution in [1.29, 1.82) is 0 Å². The Labute approximate surface area is 115 Å². The van der Waals surface area contributed by atoms with Crippen molar-refractivity contribution in [3.63, 3.8) is 0 Å². The molecule has 0 spiro atoms. The molecular weight excluding hydrogens is 238 g/mol. The highest BCUT2D eigenvalue weighted by Crippen LogP contribution is 2.40. The lowest BCUT2D eigenvalue weighted by Gasteiger charge is -2.27. The van der Waals surface area contributed by atoms with Crippen LogP contribution >= 0.6 is 0 Å². The molecule has 0 bridgehead atoms. The van der Waals surface area contributed by atoms with Crippen molar-refractivity contribution < 1.29 is 9.84 Å². The average Bonchev–Trinajstić information content (AvgIpc) is 3.20. The minimum Gasteiger partial charge on any atom is -0.490 e. The molecule has 0 aromatic heterocycles. The van der Waals surface area contributed by atoms with Crippen LogP contribution in [0.15, 0.2) is 18.2 Å². The SMILES string of the molecule is Cc1ccc(C(C)C)c(OCC(O)(CN)C2CC2)c1. The van der Waals surface area contributed by atoms with E-state index in [4.69, 9.17) is 10.5 Å². The van der Waals surface area contributed by atoms with E-state index in [9.17, 15) is 5.11 Å². The second-order valence-corrected chi connectivity index (χ2v) is 6.07. The summed E-state index contributed by atoms with van der Waals surface area (Å²) in [5.74, 6) is 1.59. The quantitative estimate of drug-likeness (QED) is 0.829. The normalized spacial score (nSPS) is 18.4. The van der Waals surface area contributed by atoms with E-state index in [-0.39, 0.29) is 13.2 Å². The topological polar surface area (TPSA) is 55.5 Å². The van der Waals surface area contributed by atoms with Crippen molar-refractivity contribution >= 4 is 0 Å². The number of hydrogen-bond donors (Lipinski definition) is 2. The lowest BCUT2D eigenvalue weighted by molar-refractivity contribution is -0.0165. The van der Waals surface area contributed by atoms with E-state index < -0.39 is 5.60 Å². The molecule has 0 saturated heterocycles. The molecule has 0 amide bonds. The van der Waals surface area contributed by atoms with Crippen LogP contribution < -0.4 is 10.5 Å². The molecule has 2 rings (SSSR count). The molecule has 106 valence electrons. The summed E-state index contributed by atoms with van der Waals surface area (Å²) in [6, 6.07) is 6.24. The van der Waals surface area contributed by atoms with Gasteiger partial charge >= 0.3 is 0 Å². The Hall–Kier alpha value is -1.06. The van der Waals surface area contributed by atoms with Crippen LogP contribution in [0, 0.1) is 12.8 Å². The highest BCUT2D eigenvalue weighted by atomic mass is 16.5. The fourth-order valence-corrected chi connectivity index (χ4v) is 2.41. The van der Waals surface area contributed by atoms with Gasteiger partial charge in [-0.05, 0) is 48.8 Å². The molecule has 1 aliphatic rings. The zero-order chi connectivity index (χ0) is 14.0. The van der Waals surface area contributed by atoms with Gasteiger partial charge in [0.25, 0.3) is 0 Å². The van der Waals surface area contributed by atoms with E-state index in [1.165, 1.54) is 11.1 Å². The maximum Gasteiger partial charge on any atom is 0.123 e. The second-order valence-electron chi connectivity index (χ2n) is 6.07. The summed E-state index contributed by atoms with van der Waals surface area (Å²) >= 11 is 0. The molecule has 1 aliphatic carbocycles. The van der Waals surface area contributed by atoms with Crippen LogP contribution in [-0.4, -0.2) is 23.9 Å². The maximum atomic E-state index is 10.5. The molecule has 1 aromatic carbocycles. The van der Waals surface area contributed by atoms with E-state index in [0.29, 0.717) is 11.8 Å². The Morgan fingerprint density at radius 1 is 1.42 bits per heavy atom. The van der Waals surface area contributed by atoms with Crippen molar-refractivity contribution in [3.05, 3.63) is 29.3 Å². The summed E-state index contributed by atoms with van der Waals surface area (Å²) in [5.41, 5.74) is 7.20. The third kappa shape index (κ3) is 3.28. The first-order chi connectivity index (χ1) is 8.96. The predicted molar refractivity (Wildman–Crippen MR) is 77.5 cm³/mol. The number of rotatable bonds is 6. The molecule has 1 atom stereocenters. The minimum atomic E-state index is -0.863. The molecule has 19 heavy (non-hydrogen) atoms. The van der Waals surface area contributed by atoms with E-state index in [2.05, 4.69) is 26.0 Å². The van der Waals surface area contributed by atoms with Crippen molar-refractivity contribution in [3.8, 4) is 5.75 Å². The number of ether oxygens (including phenoxy) is 1. The van der Waals surface area contributed by atoms with Gasteiger partial charge in [-0.3, -0.25) is 0 Å². The van der Waals surface area contributed by atoms with Gasteiger partial charge in [-0.15, -0.1) is 0 Å². The Morgan fingerprint density at radius 3 is 2.63 bits per heavy atom. The third-order valence-electron chi connectivity index (χ3n) is 3.96. The van der Waals surface area contributed by atoms with Crippen LogP contribution in [0.4, 0.5) is 0 Å². The van der Waals surface area contributed by atoms with Crippen molar-refractivity contribution in [2.75, 3.05) is 13.2 Å². The number of aliphatic hydroxyl groups is 1. The Kier molecular flexibility index (Phi) is 4.16. The Balaban J connectivity index is 2.12. The van der Waals surface area contributed by atoms with Crippen LogP contribution in [0.5, 0.6) is 5.75 Å². The van der Waals surface area contributed by atoms with Crippen LogP contribution in [0.1, 0.15) is 43.7 Å². The molecule has 1 unspecified atom stereocenters. The van der Waals surface area contributed by atoms with Gasteiger partial charge in [-0.1, -0.05) is 26.0 Å². The van der Waals surface area contributed by atoms with Crippen molar-refractivity contribution in [2.45, 2.75) is 45.1 Å². The average molecular weight is 263 g/mol. The van der Waals surface area contributed by atoms with Gasteiger partial charge in [0.2, 0.25) is 0 Å². The van der Waals surface area contributed by atoms with E-state index in [1.807, 2.05) is 13.0 Å². The minimum absolute atomic E-state index is 0.264. The van der Waals surface area contributed by atoms with Gasteiger partial charge in [0.1, 0.15) is 18.0 Å². The van der Waals surface area contributed by atoms with Gasteiger partial charge in [-0.25, -0.2) is 0 Å². The standard InChI is InChI=1S/C16H25NO2/c1-11(2)14-7-4-12(3)8-15(14)19-10-16(18,9-17)13-5-6-13/h4,7-8,11,13,18H,5-6,9-10,17H2,1-3H3. The molecule has 0 aliphatic heterocycles. The molecular formula is C16H25NO2. The molecule has 1 fully saturated rings. The summed E-state index contributed by atoms with van der Waals surface area (Å²) < 4.78 is 5.91. The fraction of sp³-hybridized carbons (Fsp3) is 0.625. The Morgan fingerprint density at radius 2 is 2.11 bits per heavy atom. The zero-order valence-electron chi connectivity index (χ0n) is 12.1. The van der Waals surface area contributed by atoms with Gasteiger partial charge in [-0.2, -0.15) is 0 Å². The zero-order valence-corrected chi connectivity index (χ0v) is 12.1. The number of hydrogen-bond acceptors (Lipinski definition) is 3. The number of benzene rings is 1. The predicted octanol–water partition coefficient (Wildman–Crippen LogP) is 2.60. The maximum absolute atomic E-state index is 10.5. The molecule has 1 saturated carbocycles. The number of aryl methyl sites for hydroxylation is 1. The molecule has 3 N–H and O–H groups in total. The van der Waals surface area contributed by atoms with Gasteiger partial charge < -0.3 is 15.6 Å². The summed E-state index contributed by atoms with van der Waals surface area (Å²) in [4.78, 5) is 0. The van der Waals surface area contributed by atoms with Gasteiger partial charge in [0.05, 0.1) is 0 Å². The number of nitrogens with two attached hydrogens (primary N) is 1. The lowest BCUT2D eigenvalue weighted by atomic mass is 9.98. The Bertz CT molecular complexity index is 440. The van der Waals surface area contributed by atoms with Crippen LogP contribution in [0.3, 0.4) is 0 Å². The summed E-state index contributed by atoms with van der Waals surface area (Å²) in [7, 11) is 0. The fourth-order valence-electron chi connectivity index (χ4n) is 2.41. The van der Waals surface area contributed by atoms with E-state index in [0.717, 1.165) is 18.6 Å². The first kappa shape index (κ1) is 14.4. The summed E-state index contributed by atoms with van der Waals surface area (Å²) in [6.07, 6.45) is 2.11. The van der Waals surface area contributed by atoms with E-state index >= 15 is 0 Å². The molecule has 3 nitrogen and oxygen atoms in total. The van der Waals surface area contributed by atoms with Gasteiger partial charge in [0.15, 0.2) is 0 Å². The van der Waals surface area contributed by atoms with Crippen molar-refractivity contribution in [1.82, 2.24) is 0 Å². The lowest BCUT2D eigenvalue weighted by Crippen LogP contribution is -2.45. The van der Waals surface area contributed by atoms with Crippen LogP contribution in [-0.2, 0) is 0 Å². The smallest absolute Gasteiger partial charge is 0.123 e. The highest BCUT2D eigenvalue weighted by molar-refractivity contribution is 5.39. The summed E-state index contributed by atoms with van der Waals surface area (Å²) in [5, 5.41) is 10.5. The largest absolute Gasteiger partial charge is 0.490 e. The summed E-state index contributed by atoms with van der Waals surface area (Å²) in [6.45, 7) is 6.89.